The van der Waals surface area contributed by atoms with Crippen LogP contribution < -0.4 is 5.53 Å². The summed E-state index contributed by atoms with van der Waals surface area (Å²) in [4.78, 5) is 10.3. The van der Waals surface area contributed by atoms with Gasteiger partial charge in [-0.15, -0.1) is 22.8 Å². The molecule has 1 amide bonds. The molecule has 0 aliphatic carbocycles. The number of nitrogens with one attached hydrogen (secondary N) is 1. The number of amidine groups is 1. The Morgan fingerprint density at radius 2 is 2.50 bits per heavy atom. The third kappa shape index (κ3) is 1.00. The molecule has 0 spiro atoms. The molecule has 2 N–H and O–H groups in total. The third-order valence-electron chi connectivity index (χ3n) is 0.965. The summed E-state index contributed by atoms with van der Waals surface area (Å²) in [6.07, 6.45) is -1.12. The van der Waals surface area contributed by atoms with Crippen molar-refractivity contribution in [1.82, 2.24) is 15.7 Å². The van der Waals surface area contributed by atoms with Gasteiger partial charge < -0.3 is 5.11 Å². The Morgan fingerprint density at radius 1 is 1.90 bits per heavy atom. The SMILES string of the molecule is CN1NN=C(S)N1C(=O)O. The third-order valence-corrected chi connectivity index (χ3v) is 1.25. The van der Waals surface area contributed by atoms with Crippen LogP contribution >= 0.6 is 12.6 Å². The van der Waals surface area contributed by atoms with Crippen LogP contribution in [-0.2, 0) is 0 Å². The number of rotatable bonds is 0. The maximum atomic E-state index is 10.3. The normalized spacial score (nSPS) is 18.6. The molecule has 6 nitrogen and oxygen atoms in total. The van der Waals surface area contributed by atoms with Gasteiger partial charge in [0.25, 0.3) is 0 Å². The summed E-state index contributed by atoms with van der Waals surface area (Å²) < 4.78 is 0. The first-order chi connectivity index (χ1) is 4.63. The van der Waals surface area contributed by atoms with Crippen LogP contribution in [0.3, 0.4) is 0 Å². The van der Waals surface area contributed by atoms with E-state index in [9.17, 15) is 4.79 Å². The second-order valence-corrected chi connectivity index (χ2v) is 2.03. The van der Waals surface area contributed by atoms with Crippen LogP contribution in [-0.4, -0.2) is 33.5 Å². The van der Waals surface area contributed by atoms with E-state index in [0.717, 1.165) is 5.01 Å². The highest BCUT2D eigenvalue weighted by Crippen LogP contribution is 2.04. The molecule has 1 aliphatic rings. The fraction of sp³-hybridized carbons (Fsp3) is 0.333. The van der Waals surface area contributed by atoms with Gasteiger partial charge in [0, 0.05) is 7.05 Å². The lowest BCUT2D eigenvalue weighted by Gasteiger charge is -2.17. The fourth-order valence-electron chi connectivity index (χ4n) is 0.557. The summed E-state index contributed by atoms with van der Waals surface area (Å²) in [5.41, 5.74) is 2.39. The van der Waals surface area contributed by atoms with Gasteiger partial charge in [0.1, 0.15) is 0 Å². The smallest absolute Gasteiger partial charge is 0.430 e. The van der Waals surface area contributed by atoms with E-state index in [2.05, 4.69) is 23.3 Å². The molecule has 0 aromatic rings. The number of hydrazine groups is 2. The van der Waals surface area contributed by atoms with Gasteiger partial charge >= 0.3 is 6.09 Å². The lowest BCUT2D eigenvalue weighted by molar-refractivity contribution is 0.0495. The van der Waals surface area contributed by atoms with E-state index < -0.39 is 6.09 Å². The Balaban J connectivity index is 2.74. The zero-order chi connectivity index (χ0) is 7.72. The lowest BCUT2D eigenvalue weighted by atomic mass is 11.0. The summed E-state index contributed by atoms with van der Waals surface area (Å²) in [5, 5.41) is 14.2. The van der Waals surface area contributed by atoms with Crippen LogP contribution in [0.2, 0.25) is 0 Å². The minimum atomic E-state index is -1.12. The first-order valence-corrected chi connectivity index (χ1v) is 2.86. The van der Waals surface area contributed by atoms with Gasteiger partial charge in [-0.2, -0.15) is 5.01 Å². The quantitative estimate of drug-likeness (QED) is 0.421. The highest BCUT2D eigenvalue weighted by molar-refractivity contribution is 7.96. The van der Waals surface area contributed by atoms with Crippen molar-refractivity contribution in [2.75, 3.05) is 7.05 Å². The number of thiol groups is 1. The fourth-order valence-corrected chi connectivity index (χ4v) is 0.822. The van der Waals surface area contributed by atoms with Crippen LogP contribution in [0, 0.1) is 0 Å². The highest BCUT2D eigenvalue weighted by atomic mass is 32.1. The first kappa shape index (κ1) is 7.16. The average molecular weight is 162 g/mol. The van der Waals surface area contributed by atoms with E-state index in [1.54, 1.807) is 0 Å². The van der Waals surface area contributed by atoms with Crippen molar-refractivity contribution in [3.05, 3.63) is 0 Å². The first-order valence-electron chi connectivity index (χ1n) is 2.42. The average Bonchev–Trinajstić information content (AvgIpc) is 2.11. The van der Waals surface area contributed by atoms with Crippen molar-refractivity contribution in [3.8, 4) is 0 Å². The lowest BCUT2D eigenvalue weighted by Crippen LogP contribution is -2.44. The molecule has 0 saturated carbocycles. The van der Waals surface area contributed by atoms with E-state index in [0.29, 0.717) is 0 Å². The molecule has 56 valence electrons. The van der Waals surface area contributed by atoms with Gasteiger partial charge in [-0.05, 0) is 0 Å². The minimum Gasteiger partial charge on any atom is -0.464 e. The molecule has 7 heteroatoms. The van der Waals surface area contributed by atoms with Gasteiger partial charge in [0.15, 0.2) is 0 Å². The maximum Gasteiger partial charge on any atom is 0.430 e. The Kier molecular flexibility index (Phi) is 1.68. The van der Waals surface area contributed by atoms with Crippen LogP contribution in [0.4, 0.5) is 4.79 Å². The Morgan fingerprint density at radius 3 is 2.70 bits per heavy atom. The second-order valence-electron chi connectivity index (χ2n) is 1.63. The van der Waals surface area contributed by atoms with Crippen molar-refractivity contribution in [2.24, 2.45) is 5.10 Å². The van der Waals surface area contributed by atoms with Crippen molar-refractivity contribution in [3.63, 3.8) is 0 Å². The van der Waals surface area contributed by atoms with Crippen molar-refractivity contribution in [2.45, 2.75) is 0 Å². The molecule has 0 aromatic carbocycles. The molecule has 1 aliphatic heterocycles. The van der Waals surface area contributed by atoms with E-state index in [4.69, 9.17) is 5.11 Å². The number of nitrogens with zero attached hydrogens (tertiary/aromatic N) is 3. The van der Waals surface area contributed by atoms with Gasteiger partial charge in [0.2, 0.25) is 5.17 Å². The Labute approximate surface area is 62.4 Å². The number of amides is 1. The van der Waals surface area contributed by atoms with Crippen LogP contribution in [0.1, 0.15) is 0 Å². The summed E-state index contributed by atoms with van der Waals surface area (Å²) in [6, 6.07) is 0. The predicted octanol–water partition coefficient (Wildman–Crippen LogP) is -0.468. The number of hydrogen-bond donors (Lipinski definition) is 3. The van der Waals surface area contributed by atoms with Crippen molar-refractivity contribution in [1.29, 1.82) is 0 Å². The molecule has 0 atom stereocenters. The molecular weight excluding hydrogens is 156 g/mol. The van der Waals surface area contributed by atoms with E-state index in [-0.39, 0.29) is 5.17 Å². The van der Waals surface area contributed by atoms with Crippen molar-refractivity contribution < 1.29 is 9.90 Å². The molecular formula is C3H6N4O2S. The standard InChI is InChI=1S/C3H6N4O2S/c1-6-5-4-2(10)7(6)3(8)9/h5H,1H3,(H,4,10)(H,8,9). The van der Waals surface area contributed by atoms with E-state index >= 15 is 0 Å². The van der Waals surface area contributed by atoms with Gasteiger partial charge in [-0.1, -0.05) is 0 Å². The molecule has 0 aromatic heterocycles. The molecule has 0 radical (unpaired) electrons. The maximum absolute atomic E-state index is 10.3. The highest BCUT2D eigenvalue weighted by Gasteiger charge is 2.25. The van der Waals surface area contributed by atoms with Crippen LogP contribution in [0.5, 0.6) is 0 Å². The monoisotopic (exact) mass is 162 g/mol. The summed E-state index contributed by atoms with van der Waals surface area (Å²) in [7, 11) is 1.51. The van der Waals surface area contributed by atoms with Gasteiger partial charge in [0.05, 0.1) is 0 Å². The number of carbonyl (C=O) groups is 1. The molecule has 0 saturated heterocycles. The summed E-state index contributed by atoms with van der Waals surface area (Å²) >= 11 is 3.78. The molecule has 0 bridgehead atoms. The molecule has 10 heavy (non-hydrogen) atoms. The Bertz CT molecular complexity index is 193. The molecule has 0 unspecified atom stereocenters. The molecule has 0 fully saturated rings. The van der Waals surface area contributed by atoms with Gasteiger partial charge in [-0.3, -0.25) is 0 Å². The van der Waals surface area contributed by atoms with Crippen LogP contribution in [0.25, 0.3) is 0 Å². The van der Waals surface area contributed by atoms with E-state index in [1.807, 2.05) is 0 Å². The van der Waals surface area contributed by atoms with E-state index in [1.165, 1.54) is 12.2 Å². The topological polar surface area (TPSA) is 68.2 Å². The summed E-state index contributed by atoms with van der Waals surface area (Å²) in [6.45, 7) is 0. The van der Waals surface area contributed by atoms with Crippen LogP contribution in [0.15, 0.2) is 5.10 Å². The zero-order valence-electron chi connectivity index (χ0n) is 5.14. The number of hydrazone groups is 1. The zero-order valence-corrected chi connectivity index (χ0v) is 6.04. The Hall–Kier alpha value is -0.950. The second kappa shape index (κ2) is 2.35. The largest absolute Gasteiger partial charge is 0.464 e. The summed E-state index contributed by atoms with van der Waals surface area (Å²) in [5.74, 6) is 0. The molecule has 1 heterocycles. The number of hydrogen-bond acceptors (Lipinski definition) is 4. The minimum absolute atomic E-state index is 0.106. The molecule has 1 rings (SSSR count). The van der Waals surface area contributed by atoms with Gasteiger partial charge in [-0.25, -0.2) is 10.3 Å². The number of carboxylic acid groups (broad SMARTS) is 1. The van der Waals surface area contributed by atoms with Crippen molar-refractivity contribution >= 4 is 23.9 Å². The predicted molar refractivity (Wildman–Crippen MR) is 37.2 cm³/mol.